The standard InChI is InChI=1S/C30H33N3O2/c34-27(17-16-24-10-4-1-5-11-24)33-20-18-30(19-21-33)31-28(35)29(32-30,22-25-12-6-2-7-13-25)23-26-14-8-3-9-15-26/h1-15,32H,16-23H2,(H,31,35). The number of hydrogen-bond acceptors (Lipinski definition) is 3. The lowest BCUT2D eigenvalue weighted by Crippen LogP contribution is -2.60. The maximum atomic E-state index is 13.6. The number of nitrogens with zero attached hydrogens (tertiary/aromatic N) is 1. The van der Waals surface area contributed by atoms with Gasteiger partial charge in [0.2, 0.25) is 11.8 Å². The number of carbonyl (C=O) groups excluding carboxylic acids is 2. The van der Waals surface area contributed by atoms with E-state index in [0.717, 1.165) is 17.5 Å². The first-order valence-corrected chi connectivity index (χ1v) is 12.6. The highest BCUT2D eigenvalue weighted by Gasteiger charge is 2.54. The number of hydrogen-bond donors (Lipinski definition) is 2. The Labute approximate surface area is 207 Å². The van der Waals surface area contributed by atoms with Crippen LogP contribution < -0.4 is 10.6 Å². The van der Waals surface area contributed by atoms with E-state index in [-0.39, 0.29) is 11.8 Å². The third-order valence-corrected chi connectivity index (χ3v) is 7.40. The molecule has 2 amide bonds. The van der Waals surface area contributed by atoms with Crippen molar-refractivity contribution < 1.29 is 9.59 Å². The first-order valence-electron chi connectivity index (χ1n) is 12.6. The van der Waals surface area contributed by atoms with E-state index < -0.39 is 11.2 Å². The van der Waals surface area contributed by atoms with Gasteiger partial charge in [-0.1, -0.05) is 91.0 Å². The first kappa shape index (κ1) is 23.3. The van der Waals surface area contributed by atoms with Crippen molar-refractivity contribution in [3.8, 4) is 0 Å². The summed E-state index contributed by atoms with van der Waals surface area (Å²) in [5.74, 6) is 0.238. The topological polar surface area (TPSA) is 61.4 Å². The molecule has 2 aliphatic rings. The molecule has 2 N–H and O–H groups in total. The number of carbonyl (C=O) groups is 2. The number of benzene rings is 3. The zero-order valence-corrected chi connectivity index (χ0v) is 20.1. The Kier molecular flexibility index (Phi) is 6.69. The maximum absolute atomic E-state index is 13.6. The summed E-state index contributed by atoms with van der Waals surface area (Å²) in [5, 5.41) is 7.12. The second-order valence-electron chi connectivity index (χ2n) is 9.93. The lowest BCUT2D eigenvalue weighted by Gasteiger charge is -2.41. The monoisotopic (exact) mass is 467 g/mol. The minimum atomic E-state index is -0.720. The second-order valence-corrected chi connectivity index (χ2v) is 9.93. The summed E-state index contributed by atoms with van der Waals surface area (Å²) in [6.07, 6.45) is 3.94. The molecule has 2 heterocycles. The quantitative estimate of drug-likeness (QED) is 0.554. The van der Waals surface area contributed by atoms with Crippen LogP contribution in [0.3, 0.4) is 0 Å². The molecule has 180 valence electrons. The number of nitrogens with one attached hydrogen (secondary N) is 2. The highest BCUT2D eigenvalue weighted by molar-refractivity contribution is 5.90. The van der Waals surface area contributed by atoms with E-state index >= 15 is 0 Å². The molecule has 2 fully saturated rings. The van der Waals surface area contributed by atoms with Crippen LogP contribution in [0.25, 0.3) is 0 Å². The number of piperidine rings is 1. The predicted molar refractivity (Wildman–Crippen MR) is 138 cm³/mol. The van der Waals surface area contributed by atoms with Gasteiger partial charge in [-0.3, -0.25) is 14.9 Å². The molecule has 0 atom stereocenters. The van der Waals surface area contributed by atoms with E-state index in [9.17, 15) is 9.59 Å². The van der Waals surface area contributed by atoms with Gasteiger partial charge >= 0.3 is 0 Å². The third-order valence-electron chi connectivity index (χ3n) is 7.40. The largest absolute Gasteiger partial charge is 0.342 e. The van der Waals surface area contributed by atoms with Crippen molar-refractivity contribution in [3.63, 3.8) is 0 Å². The summed E-state index contributed by atoms with van der Waals surface area (Å²) in [5.41, 5.74) is 2.26. The van der Waals surface area contributed by atoms with Gasteiger partial charge < -0.3 is 10.2 Å². The summed E-state index contributed by atoms with van der Waals surface area (Å²) in [7, 11) is 0. The van der Waals surface area contributed by atoms with Gasteiger partial charge in [-0.25, -0.2) is 0 Å². The first-order chi connectivity index (χ1) is 17.1. The van der Waals surface area contributed by atoms with Gasteiger partial charge in [0.1, 0.15) is 5.54 Å². The summed E-state index contributed by atoms with van der Waals surface area (Å²) in [4.78, 5) is 28.4. The Balaban J connectivity index is 1.27. The predicted octanol–water partition coefficient (Wildman–Crippen LogP) is 3.88. The molecular weight excluding hydrogens is 434 g/mol. The normalized spacial score (nSPS) is 18.4. The van der Waals surface area contributed by atoms with Crippen LogP contribution in [-0.4, -0.2) is 41.0 Å². The van der Waals surface area contributed by atoms with Gasteiger partial charge in [0.25, 0.3) is 0 Å². The maximum Gasteiger partial charge on any atom is 0.242 e. The van der Waals surface area contributed by atoms with Crippen LogP contribution >= 0.6 is 0 Å². The number of likely N-dealkylation sites (tertiary alicyclic amines) is 1. The van der Waals surface area contributed by atoms with Crippen molar-refractivity contribution in [3.05, 3.63) is 108 Å². The minimum absolute atomic E-state index is 0.0501. The molecule has 5 heteroatoms. The molecule has 2 saturated heterocycles. The number of rotatable bonds is 7. The van der Waals surface area contributed by atoms with E-state index in [0.29, 0.717) is 45.2 Å². The van der Waals surface area contributed by atoms with E-state index in [1.165, 1.54) is 5.56 Å². The Morgan fingerprint density at radius 3 is 1.74 bits per heavy atom. The smallest absolute Gasteiger partial charge is 0.242 e. The van der Waals surface area contributed by atoms with Crippen LogP contribution in [0.5, 0.6) is 0 Å². The molecule has 0 aliphatic carbocycles. The minimum Gasteiger partial charge on any atom is -0.342 e. The van der Waals surface area contributed by atoms with E-state index in [1.807, 2.05) is 59.5 Å². The van der Waals surface area contributed by atoms with Crippen LogP contribution in [-0.2, 0) is 28.9 Å². The molecule has 0 unspecified atom stereocenters. The van der Waals surface area contributed by atoms with E-state index in [1.54, 1.807) is 0 Å². The molecule has 0 radical (unpaired) electrons. The molecule has 5 nitrogen and oxygen atoms in total. The van der Waals surface area contributed by atoms with Gasteiger partial charge in [-0.15, -0.1) is 0 Å². The van der Waals surface area contributed by atoms with Crippen LogP contribution in [0.4, 0.5) is 0 Å². The van der Waals surface area contributed by atoms with Crippen LogP contribution in [0.2, 0.25) is 0 Å². The van der Waals surface area contributed by atoms with Gasteiger partial charge in [-0.05, 0) is 36.0 Å². The average molecular weight is 468 g/mol. The van der Waals surface area contributed by atoms with Crippen LogP contribution in [0.1, 0.15) is 36.0 Å². The van der Waals surface area contributed by atoms with Crippen molar-refractivity contribution in [2.75, 3.05) is 13.1 Å². The van der Waals surface area contributed by atoms with Crippen LogP contribution in [0, 0.1) is 0 Å². The summed E-state index contributed by atoms with van der Waals surface area (Å²) < 4.78 is 0. The lowest BCUT2D eigenvalue weighted by atomic mass is 9.84. The Morgan fingerprint density at radius 1 is 0.743 bits per heavy atom. The van der Waals surface area contributed by atoms with Gasteiger partial charge in [-0.2, -0.15) is 0 Å². The number of amides is 2. The zero-order chi connectivity index (χ0) is 24.1. The highest BCUT2D eigenvalue weighted by atomic mass is 16.2. The molecule has 5 rings (SSSR count). The van der Waals surface area contributed by atoms with Crippen molar-refractivity contribution in [2.45, 2.75) is 49.7 Å². The molecule has 1 spiro atoms. The highest BCUT2D eigenvalue weighted by Crippen LogP contribution is 2.33. The average Bonchev–Trinajstić information content (AvgIpc) is 3.14. The van der Waals surface area contributed by atoms with E-state index in [2.05, 4.69) is 47.0 Å². The molecule has 3 aromatic rings. The third kappa shape index (κ3) is 5.30. The summed E-state index contributed by atoms with van der Waals surface area (Å²) in [6.45, 7) is 1.29. The lowest BCUT2D eigenvalue weighted by molar-refractivity contribution is -0.133. The van der Waals surface area contributed by atoms with Gasteiger partial charge in [0.15, 0.2) is 0 Å². The van der Waals surface area contributed by atoms with Gasteiger partial charge in [0, 0.05) is 32.4 Å². The number of aryl methyl sites for hydroxylation is 1. The summed E-state index contributed by atoms with van der Waals surface area (Å²) >= 11 is 0. The Bertz CT molecular complexity index is 1100. The Morgan fingerprint density at radius 2 is 1.23 bits per heavy atom. The van der Waals surface area contributed by atoms with Crippen molar-refractivity contribution in [1.29, 1.82) is 0 Å². The Hall–Kier alpha value is -3.44. The fourth-order valence-corrected chi connectivity index (χ4v) is 5.52. The molecule has 3 aromatic carbocycles. The molecule has 0 saturated carbocycles. The van der Waals surface area contributed by atoms with Crippen molar-refractivity contribution in [2.24, 2.45) is 0 Å². The fourth-order valence-electron chi connectivity index (χ4n) is 5.52. The fraction of sp³-hybridized carbons (Fsp3) is 0.333. The van der Waals surface area contributed by atoms with Crippen LogP contribution in [0.15, 0.2) is 91.0 Å². The zero-order valence-electron chi connectivity index (χ0n) is 20.1. The molecular formula is C30H33N3O2. The summed E-state index contributed by atoms with van der Waals surface area (Å²) in [6, 6.07) is 30.6. The van der Waals surface area contributed by atoms with Crippen molar-refractivity contribution in [1.82, 2.24) is 15.5 Å². The molecule has 0 bridgehead atoms. The van der Waals surface area contributed by atoms with E-state index in [4.69, 9.17) is 0 Å². The molecule has 35 heavy (non-hydrogen) atoms. The SMILES string of the molecule is O=C(CCc1ccccc1)N1CCC2(CC1)NC(=O)C(Cc1ccccc1)(Cc1ccccc1)N2. The molecule has 2 aliphatic heterocycles. The molecule has 0 aromatic heterocycles. The van der Waals surface area contributed by atoms with Gasteiger partial charge in [0.05, 0.1) is 5.66 Å². The second kappa shape index (κ2) is 10.0. The van der Waals surface area contributed by atoms with Crippen molar-refractivity contribution >= 4 is 11.8 Å².